The number of aryl methyl sites for hydroxylation is 1. The van der Waals surface area contributed by atoms with Gasteiger partial charge in [0, 0.05) is 5.92 Å². The Kier molecular flexibility index (Phi) is 1.85. The summed E-state index contributed by atoms with van der Waals surface area (Å²) >= 11 is 0. The van der Waals surface area contributed by atoms with Crippen molar-refractivity contribution in [3.63, 3.8) is 0 Å². The molecule has 0 bridgehead atoms. The second kappa shape index (κ2) is 3.12. The highest BCUT2D eigenvalue weighted by Gasteiger charge is 2.73. The van der Waals surface area contributed by atoms with E-state index in [2.05, 4.69) is 10.3 Å². The lowest BCUT2D eigenvalue weighted by molar-refractivity contribution is -0.0964. The maximum Gasteiger partial charge on any atom is 0.208 e. The normalized spacial score (nSPS) is 36.9. The number of oxazole rings is 1. The molecule has 3 fully saturated rings. The molecule has 1 aromatic rings. The van der Waals surface area contributed by atoms with Gasteiger partial charge in [-0.25, -0.2) is 4.98 Å². The minimum Gasteiger partial charge on any atom is -0.445 e. The largest absolute Gasteiger partial charge is 0.445 e. The van der Waals surface area contributed by atoms with Crippen LogP contribution in [-0.4, -0.2) is 22.7 Å². The van der Waals surface area contributed by atoms with Crippen LogP contribution < -0.4 is 5.32 Å². The Hall–Kier alpha value is -0.870. The quantitative estimate of drug-likeness (QED) is 0.866. The van der Waals surface area contributed by atoms with Crippen LogP contribution in [-0.2, 0) is 11.3 Å². The molecule has 4 heteroatoms. The molecule has 0 unspecified atom stereocenters. The zero-order chi connectivity index (χ0) is 11.5. The van der Waals surface area contributed by atoms with Crippen LogP contribution in [0.15, 0.2) is 10.6 Å². The van der Waals surface area contributed by atoms with Crippen LogP contribution in [0.5, 0.6) is 0 Å². The number of fused-ring (bicyclic) bond motifs is 2. The van der Waals surface area contributed by atoms with Crippen molar-refractivity contribution in [3.05, 3.63) is 17.8 Å². The van der Waals surface area contributed by atoms with Gasteiger partial charge >= 0.3 is 0 Å². The van der Waals surface area contributed by atoms with Gasteiger partial charge in [-0.2, -0.15) is 0 Å². The summed E-state index contributed by atoms with van der Waals surface area (Å²) in [5, 5.41) is 3.67. The number of hydrogen-bond acceptors (Lipinski definition) is 4. The molecule has 0 aromatic carbocycles. The molecule has 1 N–H and O–H groups in total. The molecule has 1 aliphatic heterocycles. The van der Waals surface area contributed by atoms with Crippen molar-refractivity contribution in [2.45, 2.75) is 50.3 Å². The number of aromatic nitrogens is 1. The second-order valence-corrected chi connectivity index (χ2v) is 5.75. The van der Waals surface area contributed by atoms with E-state index in [1.807, 2.05) is 6.92 Å². The molecular formula is C13H18N2O2. The molecule has 17 heavy (non-hydrogen) atoms. The first-order chi connectivity index (χ1) is 8.24. The molecule has 2 heterocycles. The standard InChI is InChI=1S/C13H18N2O2/c1-9-6-14-11(17-9)7-15-13-5-10(13)8-16-12(13)3-2-4-12/h6,10,15H,2-5,7-8H2,1H3/t10-,13+/m0/s1. The third kappa shape index (κ3) is 1.23. The van der Waals surface area contributed by atoms with E-state index in [4.69, 9.17) is 9.15 Å². The van der Waals surface area contributed by atoms with Crippen molar-refractivity contribution in [1.82, 2.24) is 10.3 Å². The predicted molar refractivity (Wildman–Crippen MR) is 61.5 cm³/mol. The molecule has 2 aliphatic carbocycles. The van der Waals surface area contributed by atoms with Crippen molar-refractivity contribution < 1.29 is 9.15 Å². The van der Waals surface area contributed by atoms with E-state index in [9.17, 15) is 0 Å². The SMILES string of the molecule is Cc1cnc(CN[C@]23C[C@H]2COC32CCC2)o1. The predicted octanol–water partition coefficient (Wildman–Crippen LogP) is 1.78. The Morgan fingerprint density at radius 3 is 3.00 bits per heavy atom. The van der Waals surface area contributed by atoms with E-state index in [0.29, 0.717) is 0 Å². The Balaban J connectivity index is 1.49. The summed E-state index contributed by atoms with van der Waals surface area (Å²) in [6.07, 6.45) is 6.81. The van der Waals surface area contributed by atoms with Crippen molar-refractivity contribution in [2.24, 2.45) is 5.92 Å². The van der Waals surface area contributed by atoms with E-state index in [0.717, 1.165) is 30.7 Å². The lowest BCUT2D eigenvalue weighted by Gasteiger charge is -2.45. The summed E-state index contributed by atoms with van der Waals surface area (Å²) in [4.78, 5) is 4.25. The monoisotopic (exact) mass is 234 g/mol. The third-order valence-corrected chi connectivity index (χ3v) is 4.86. The van der Waals surface area contributed by atoms with Crippen LogP contribution in [0.1, 0.15) is 37.3 Å². The van der Waals surface area contributed by atoms with Gasteiger partial charge in [-0.1, -0.05) is 0 Å². The van der Waals surface area contributed by atoms with Crippen LogP contribution in [0.25, 0.3) is 0 Å². The highest BCUT2D eigenvalue weighted by molar-refractivity contribution is 5.28. The molecule has 92 valence electrons. The van der Waals surface area contributed by atoms with Gasteiger partial charge in [0.15, 0.2) is 0 Å². The molecule has 1 spiro atoms. The molecule has 0 amide bonds. The van der Waals surface area contributed by atoms with Crippen molar-refractivity contribution in [2.75, 3.05) is 6.61 Å². The molecule has 1 aromatic heterocycles. The zero-order valence-electron chi connectivity index (χ0n) is 10.2. The number of hydrogen-bond donors (Lipinski definition) is 1. The minimum absolute atomic E-state index is 0.152. The van der Waals surface area contributed by atoms with E-state index < -0.39 is 0 Å². The smallest absolute Gasteiger partial charge is 0.208 e. The van der Waals surface area contributed by atoms with Gasteiger partial charge in [0.25, 0.3) is 0 Å². The zero-order valence-corrected chi connectivity index (χ0v) is 10.2. The van der Waals surface area contributed by atoms with Crippen molar-refractivity contribution >= 4 is 0 Å². The number of ether oxygens (including phenoxy) is 1. The molecule has 2 saturated carbocycles. The average molecular weight is 234 g/mol. The van der Waals surface area contributed by atoms with Gasteiger partial charge in [0.05, 0.1) is 30.5 Å². The van der Waals surface area contributed by atoms with Crippen LogP contribution >= 0.6 is 0 Å². The number of nitrogens with zero attached hydrogens (tertiary/aromatic N) is 1. The molecule has 0 radical (unpaired) electrons. The van der Waals surface area contributed by atoms with Gasteiger partial charge in [-0.05, 0) is 32.6 Å². The molecule has 4 nitrogen and oxygen atoms in total. The molecule has 4 rings (SSSR count). The summed E-state index contributed by atoms with van der Waals surface area (Å²) in [6, 6.07) is 0. The van der Waals surface area contributed by atoms with Gasteiger partial charge in [-0.3, -0.25) is 5.32 Å². The number of nitrogens with one attached hydrogen (secondary N) is 1. The first-order valence-corrected chi connectivity index (χ1v) is 6.54. The Morgan fingerprint density at radius 2 is 2.41 bits per heavy atom. The maximum atomic E-state index is 6.02. The highest BCUT2D eigenvalue weighted by atomic mass is 16.5. The summed E-state index contributed by atoms with van der Waals surface area (Å²) in [5.74, 6) is 2.40. The molecule has 2 atom stereocenters. The number of rotatable bonds is 3. The van der Waals surface area contributed by atoms with Gasteiger partial charge in [0.2, 0.25) is 5.89 Å². The summed E-state index contributed by atoms with van der Waals surface area (Å²) in [6.45, 7) is 3.61. The van der Waals surface area contributed by atoms with E-state index in [1.54, 1.807) is 6.20 Å². The van der Waals surface area contributed by atoms with Crippen LogP contribution in [0, 0.1) is 12.8 Å². The van der Waals surface area contributed by atoms with Gasteiger partial charge < -0.3 is 9.15 Å². The fraction of sp³-hybridized carbons (Fsp3) is 0.769. The van der Waals surface area contributed by atoms with Crippen molar-refractivity contribution in [1.29, 1.82) is 0 Å². The third-order valence-electron chi connectivity index (χ3n) is 4.86. The summed E-state index contributed by atoms with van der Waals surface area (Å²) < 4.78 is 11.5. The van der Waals surface area contributed by atoms with Crippen molar-refractivity contribution in [3.8, 4) is 0 Å². The topological polar surface area (TPSA) is 47.3 Å². The lowest BCUT2D eigenvalue weighted by atomic mass is 9.73. The molecule has 3 aliphatic rings. The van der Waals surface area contributed by atoms with Crippen LogP contribution in [0.3, 0.4) is 0 Å². The van der Waals surface area contributed by atoms with Crippen LogP contribution in [0.2, 0.25) is 0 Å². The molecule has 1 saturated heterocycles. The summed E-state index contributed by atoms with van der Waals surface area (Å²) in [5.41, 5.74) is 0.396. The fourth-order valence-corrected chi connectivity index (χ4v) is 3.66. The Morgan fingerprint density at radius 1 is 1.53 bits per heavy atom. The van der Waals surface area contributed by atoms with Crippen LogP contribution in [0.4, 0.5) is 0 Å². The van der Waals surface area contributed by atoms with Gasteiger partial charge in [-0.15, -0.1) is 0 Å². The lowest BCUT2D eigenvalue weighted by Crippen LogP contribution is -2.56. The average Bonchev–Trinajstić information content (AvgIpc) is 2.66. The second-order valence-electron chi connectivity index (χ2n) is 5.75. The maximum absolute atomic E-state index is 6.02. The fourth-order valence-electron chi connectivity index (χ4n) is 3.66. The minimum atomic E-state index is 0.152. The first-order valence-electron chi connectivity index (χ1n) is 6.54. The van der Waals surface area contributed by atoms with Gasteiger partial charge in [0.1, 0.15) is 5.76 Å². The van der Waals surface area contributed by atoms with E-state index in [1.165, 1.54) is 25.7 Å². The Bertz CT molecular complexity index is 452. The van der Waals surface area contributed by atoms with E-state index in [-0.39, 0.29) is 11.1 Å². The Labute approximate surface area is 101 Å². The molecular weight excluding hydrogens is 216 g/mol. The first kappa shape index (κ1) is 10.1. The summed E-state index contributed by atoms with van der Waals surface area (Å²) in [7, 11) is 0. The van der Waals surface area contributed by atoms with E-state index >= 15 is 0 Å². The highest BCUT2D eigenvalue weighted by Crippen LogP contribution is 2.64.